The average molecular weight is 488 g/mol. The molecule has 0 atom stereocenters. The van der Waals surface area contributed by atoms with E-state index >= 15 is 0 Å². The van der Waals surface area contributed by atoms with Gasteiger partial charge in [0.15, 0.2) is 5.58 Å². The number of aromatic nitrogens is 3. The fraction of sp³-hybridized carbons (Fsp3) is 0. The van der Waals surface area contributed by atoms with Crippen molar-refractivity contribution in [2.24, 2.45) is 0 Å². The topological polar surface area (TPSA) is 43.9 Å². The Hall–Kier alpha value is -5.22. The van der Waals surface area contributed by atoms with Gasteiger partial charge in [-0.1, -0.05) is 54.6 Å². The van der Waals surface area contributed by atoms with Crippen LogP contribution in [0.1, 0.15) is 0 Å². The largest absolute Gasteiger partial charge is 0.454 e. The van der Waals surface area contributed by atoms with E-state index < -0.39 is 0 Å². The van der Waals surface area contributed by atoms with Crippen LogP contribution in [-0.4, -0.2) is 14.5 Å². The third-order valence-corrected chi connectivity index (χ3v) is 7.28. The van der Waals surface area contributed by atoms with Crippen LogP contribution in [0.4, 0.5) is 0 Å². The summed E-state index contributed by atoms with van der Waals surface area (Å²) >= 11 is 0. The van der Waals surface area contributed by atoms with Gasteiger partial charge in [-0.2, -0.15) is 0 Å². The fourth-order valence-electron chi connectivity index (χ4n) is 5.60. The van der Waals surface area contributed by atoms with E-state index in [0.717, 1.165) is 66.6 Å². The summed E-state index contributed by atoms with van der Waals surface area (Å²) in [5.41, 5.74) is 8.91. The van der Waals surface area contributed by atoms with Gasteiger partial charge in [0, 0.05) is 50.8 Å². The normalized spacial score (nSPS) is 11.7. The molecule has 0 amide bonds. The number of hydrogen-bond acceptors (Lipinski definition) is 3. The lowest BCUT2D eigenvalue weighted by Crippen LogP contribution is -1.97. The smallest absolute Gasteiger partial charge is 0.160 e. The zero-order valence-electron chi connectivity index (χ0n) is 20.4. The number of nitrogens with zero attached hydrogens (tertiary/aromatic N) is 3. The fourth-order valence-corrected chi connectivity index (χ4v) is 5.60. The van der Waals surface area contributed by atoms with Crippen LogP contribution in [-0.2, 0) is 0 Å². The van der Waals surface area contributed by atoms with Crippen molar-refractivity contribution >= 4 is 43.7 Å². The predicted molar refractivity (Wildman–Crippen MR) is 155 cm³/mol. The van der Waals surface area contributed by atoms with Crippen molar-refractivity contribution in [3.63, 3.8) is 0 Å². The van der Waals surface area contributed by atoms with E-state index in [9.17, 15) is 0 Å². The molecule has 0 bridgehead atoms. The molecule has 38 heavy (non-hydrogen) atoms. The maximum atomic E-state index is 6.54. The van der Waals surface area contributed by atoms with E-state index in [1.807, 2.05) is 60.9 Å². The zero-order valence-corrected chi connectivity index (χ0v) is 20.4. The summed E-state index contributed by atoms with van der Waals surface area (Å²) in [7, 11) is 0. The maximum absolute atomic E-state index is 6.54. The van der Waals surface area contributed by atoms with E-state index in [2.05, 4.69) is 81.3 Å². The second-order valence-corrected chi connectivity index (χ2v) is 9.49. The molecule has 0 N–H and O–H groups in total. The number of hydrogen-bond donors (Lipinski definition) is 0. The average Bonchev–Trinajstić information content (AvgIpc) is 3.54. The molecule has 0 saturated carbocycles. The first-order valence-corrected chi connectivity index (χ1v) is 12.7. The molecule has 0 saturated heterocycles. The highest BCUT2D eigenvalue weighted by Gasteiger charge is 2.20. The first-order valence-electron chi connectivity index (χ1n) is 12.7. The highest BCUT2D eigenvalue weighted by atomic mass is 16.3. The van der Waals surface area contributed by atoms with Gasteiger partial charge in [-0.15, -0.1) is 0 Å². The molecule has 4 aromatic carbocycles. The SMILES string of the molecule is c1ccc(-c2cc(-c3ccccn3)cc(-n3c4ccccc4c4ccc5c6ccccc6oc5c43)c2)nc1. The van der Waals surface area contributed by atoms with E-state index in [-0.39, 0.29) is 0 Å². The molecule has 0 aliphatic rings. The molecular weight excluding hydrogens is 466 g/mol. The second kappa shape index (κ2) is 8.15. The first kappa shape index (κ1) is 20.9. The van der Waals surface area contributed by atoms with Crippen LogP contribution in [0.2, 0.25) is 0 Å². The molecule has 4 nitrogen and oxygen atoms in total. The van der Waals surface area contributed by atoms with Crippen molar-refractivity contribution in [2.45, 2.75) is 0 Å². The third kappa shape index (κ3) is 3.10. The van der Waals surface area contributed by atoms with Crippen molar-refractivity contribution in [1.82, 2.24) is 14.5 Å². The van der Waals surface area contributed by atoms with Crippen LogP contribution >= 0.6 is 0 Å². The standard InChI is InChI=1S/C34H21N3O/c1-3-13-31-25(9-1)27-15-16-28-26-10-2-4-14-32(26)38-34(28)33(27)37(31)24-20-22(29-11-5-7-17-35-29)19-23(21-24)30-12-6-8-18-36-30/h1-21H. The van der Waals surface area contributed by atoms with Gasteiger partial charge in [-0.3, -0.25) is 9.97 Å². The van der Waals surface area contributed by atoms with Crippen molar-refractivity contribution in [2.75, 3.05) is 0 Å². The Labute approximate surface area is 218 Å². The van der Waals surface area contributed by atoms with Gasteiger partial charge in [0.1, 0.15) is 5.58 Å². The highest BCUT2D eigenvalue weighted by molar-refractivity contribution is 6.21. The van der Waals surface area contributed by atoms with Crippen molar-refractivity contribution in [3.8, 4) is 28.2 Å². The van der Waals surface area contributed by atoms with Crippen LogP contribution in [0, 0.1) is 0 Å². The van der Waals surface area contributed by atoms with Gasteiger partial charge in [0.25, 0.3) is 0 Å². The Morgan fingerprint density at radius 2 is 1.16 bits per heavy atom. The lowest BCUT2D eigenvalue weighted by molar-refractivity contribution is 0.671. The molecule has 0 radical (unpaired) electrons. The highest BCUT2D eigenvalue weighted by Crippen LogP contribution is 2.41. The summed E-state index contributed by atoms with van der Waals surface area (Å²) in [5, 5.41) is 4.59. The number of furan rings is 1. The van der Waals surface area contributed by atoms with Crippen LogP contribution < -0.4 is 0 Å². The summed E-state index contributed by atoms with van der Waals surface area (Å²) < 4.78 is 8.87. The number of rotatable bonds is 3. The van der Waals surface area contributed by atoms with Gasteiger partial charge in [0.05, 0.1) is 22.4 Å². The van der Waals surface area contributed by atoms with Gasteiger partial charge < -0.3 is 8.98 Å². The number of pyridine rings is 2. The molecule has 4 aromatic heterocycles. The van der Waals surface area contributed by atoms with Crippen molar-refractivity contribution in [3.05, 3.63) is 128 Å². The van der Waals surface area contributed by atoms with Gasteiger partial charge in [-0.05, 0) is 60.7 Å². The van der Waals surface area contributed by atoms with Crippen LogP contribution in [0.25, 0.3) is 71.9 Å². The van der Waals surface area contributed by atoms with E-state index in [1.165, 1.54) is 5.39 Å². The van der Waals surface area contributed by atoms with Crippen LogP contribution in [0.15, 0.2) is 132 Å². The van der Waals surface area contributed by atoms with E-state index in [1.54, 1.807) is 0 Å². The summed E-state index contributed by atoms with van der Waals surface area (Å²) in [4.78, 5) is 9.32. The minimum absolute atomic E-state index is 0.891. The number of fused-ring (bicyclic) bond motifs is 7. The quantitative estimate of drug-likeness (QED) is 0.250. The third-order valence-electron chi connectivity index (χ3n) is 7.28. The first-order chi connectivity index (χ1) is 18.8. The summed E-state index contributed by atoms with van der Waals surface area (Å²) in [6.45, 7) is 0. The molecule has 4 heteroatoms. The van der Waals surface area contributed by atoms with Crippen molar-refractivity contribution in [1.29, 1.82) is 0 Å². The van der Waals surface area contributed by atoms with Crippen molar-refractivity contribution < 1.29 is 4.42 Å². The Morgan fingerprint density at radius 1 is 0.526 bits per heavy atom. The molecule has 0 aliphatic heterocycles. The molecule has 0 aliphatic carbocycles. The Bertz CT molecular complexity index is 2070. The van der Waals surface area contributed by atoms with Crippen LogP contribution in [0.3, 0.4) is 0 Å². The summed E-state index contributed by atoms with van der Waals surface area (Å²) in [6, 6.07) is 39.8. The monoisotopic (exact) mass is 487 g/mol. The van der Waals surface area contributed by atoms with Gasteiger partial charge in [0.2, 0.25) is 0 Å². The van der Waals surface area contributed by atoms with Gasteiger partial charge in [-0.25, -0.2) is 0 Å². The van der Waals surface area contributed by atoms with E-state index in [0.29, 0.717) is 0 Å². The Balaban J connectivity index is 1.53. The summed E-state index contributed by atoms with van der Waals surface area (Å²) in [6.07, 6.45) is 3.67. The molecule has 0 unspecified atom stereocenters. The Kier molecular flexibility index (Phi) is 4.49. The van der Waals surface area contributed by atoms with E-state index in [4.69, 9.17) is 4.42 Å². The summed E-state index contributed by atoms with van der Waals surface area (Å²) in [5.74, 6) is 0. The number of para-hydroxylation sites is 2. The molecule has 178 valence electrons. The molecule has 8 rings (SSSR count). The molecule has 8 aromatic rings. The maximum Gasteiger partial charge on any atom is 0.160 e. The Morgan fingerprint density at radius 3 is 1.87 bits per heavy atom. The lowest BCUT2D eigenvalue weighted by atomic mass is 10.0. The minimum Gasteiger partial charge on any atom is -0.454 e. The molecule has 4 heterocycles. The molecule has 0 fully saturated rings. The number of benzene rings is 4. The predicted octanol–water partition coefficient (Wildman–Crippen LogP) is 8.81. The molecule has 0 spiro atoms. The van der Waals surface area contributed by atoms with Crippen LogP contribution in [0.5, 0.6) is 0 Å². The second-order valence-electron chi connectivity index (χ2n) is 9.49. The minimum atomic E-state index is 0.891. The van der Waals surface area contributed by atoms with Gasteiger partial charge >= 0.3 is 0 Å². The lowest BCUT2D eigenvalue weighted by Gasteiger charge is -2.13. The zero-order chi connectivity index (χ0) is 25.1. The molecular formula is C34H21N3O.